The maximum Gasteiger partial charge on any atom is 0.452 e. The highest BCUT2D eigenvalue weighted by Crippen LogP contribution is 2.40. The van der Waals surface area contributed by atoms with Gasteiger partial charge < -0.3 is 16.0 Å². The van der Waals surface area contributed by atoms with Crippen LogP contribution in [0.15, 0.2) is 0 Å². The molecule has 2 saturated heterocycles. The molecule has 3 N–H and O–H groups in total. The molecule has 3 aliphatic rings. The molecule has 2 aliphatic heterocycles. The van der Waals surface area contributed by atoms with Crippen LogP contribution in [0.1, 0.15) is 53.4 Å². The van der Waals surface area contributed by atoms with E-state index in [1.54, 1.807) is 13.8 Å². The number of ketones is 1. The summed E-state index contributed by atoms with van der Waals surface area (Å²) in [5, 5.41) is 2.29. The van der Waals surface area contributed by atoms with Crippen molar-refractivity contribution in [3.05, 3.63) is 0 Å². The molecule has 160 valence electrons. The summed E-state index contributed by atoms with van der Waals surface area (Å²) in [5.41, 5.74) is 6.01. The largest absolute Gasteiger partial charge is 0.452 e. The van der Waals surface area contributed by atoms with Crippen LogP contribution in [0.5, 0.6) is 0 Å². The van der Waals surface area contributed by atoms with Gasteiger partial charge in [0.1, 0.15) is 6.04 Å². The van der Waals surface area contributed by atoms with Gasteiger partial charge in [0.25, 0.3) is 5.78 Å². The first-order valence-electron chi connectivity index (χ1n) is 9.85. The van der Waals surface area contributed by atoms with Crippen LogP contribution in [-0.4, -0.2) is 52.8 Å². The van der Waals surface area contributed by atoms with Gasteiger partial charge in [-0.1, -0.05) is 27.7 Å². The van der Waals surface area contributed by atoms with Crippen molar-refractivity contribution in [1.29, 1.82) is 0 Å². The van der Waals surface area contributed by atoms with Crippen LogP contribution < -0.4 is 11.1 Å². The summed E-state index contributed by atoms with van der Waals surface area (Å²) in [6.07, 6.45) is -2.09. The molecule has 0 radical (unpaired) electrons. The molecule has 0 aromatic rings. The Morgan fingerprint density at radius 2 is 1.54 bits per heavy atom. The van der Waals surface area contributed by atoms with Gasteiger partial charge in [0.2, 0.25) is 11.8 Å². The number of Topliss-reactive ketones (excluding diaryl/α,β-unsaturated/α-hetero) is 1. The van der Waals surface area contributed by atoms with Crippen LogP contribution in [0.25, 0.3) is 0 Å². The van der Waals surface area contributed by atoms with Crippen LogP contribution in [0.2, 0.25) is 0 Å². The Bertz CT molecular complexity index is 613. The molecule has 1 saturated carbocycles. The highest BCUT2D eigenvalue weighted by atomic mass is 19.4. The standard InChI is InChI=1S/C19H30F3N3O3/c1-9(2)13(23)18(28)25-12-7-5-11(6-8-12)15(25)17(27)24-14(10(3)4)16(26)19(20,21)22/h9-15H,5-8,23H2,1-4H3,(H,24,27)/t11?,12?,13-,14-,15-/m0/s1. The van der Waals surface area contributed by atoms with Gasteiger partial charge in [0.05, 0.1) is 12.1 Å². The average molecular weight is 405 g/mol. The molecular formula is C19H30F3N3O3. The van der Waals surface area contributed by atoms with Gasteiger partial charge in [-0.3, -0.25) is 14.4 Å². The Morgan fingerprint density at radius 1 is 1.00 bits per heavy atom. The lowest BCUT2D eigenvalue weighted by molar-refractivity contribution is -0.175. The smallest absolute Gasteiger partial charge is 0.344 e. The first-order chi connectivity index (χ1) is 12.9. The van der Waals surface area contributed by atoms with E-state index >= 15 is 0 Å². The molecule has 2 heterocycles. The Kier molecular flexibility index (Phi) is 6.78. The number of nitrogens with one attached hydrogen (secondary N) is 1. The molecule has 3 atom stereocenters. The van der Waals surface area contributed by atoms with Gasteiger partial charge in [-0.15, -0.1) is 0 Å². The van der Waals surface area contributed by atoms with Crippen molar-refractivity contribution in [2.24, 2.45) is 23.5 Å². The van der Waals surface area contributed by atoms with Crippen molar-refractivity contribution in [3.63, 3.8) is 0 Å². The molecular weight excluding hydrogens is 375 g/mol. The predicted octanol–water partition coefficient (Wildman–Crippen LogP) is 2.01. The van der Waals surface area contributed by atoms with Crippen LogP contribution >= 0.6 is 0 Å². The zero-order chi connectivity index (χ0) is 21.4. The van der Waals surface area contributed by atoms with Gasteiger partial charge in [0.15, 0.2) is 0 Å². The SMILES string of the molecule is CC(C)[C@H](N)C(=O)N1C2CCC(CC2)[C@H]1C(=O)N[C@H](C(=O)C(F)(F)F)C(C)C. The third-order valence-corrected chi connectivity index (χ3v) is 5.93. The maximum atomic E-state index is 13.0. The molecule has 0 aromatic heterocycles. The van der Waals surface area contributed by atoms with Crippen LogP contribution in [0.4, 0.5) is 13.2 Å². The fourth-order valence-corrected chi connectivity index (χ4v) is 4.21. The van der Waals surface area contributed by atoms with Crippen molar-refractivity contribution in [1.82, 2.24) is 10.2 Å². The van der Waals surface area contributed by atoms with E-state index in [2.05, 4.69) is 5.32 Å². The monoisotopic (exact) mass is 405 g/mol. The van der Waals surface area contributed by atoms with Gasteiger partial charge in [-0.2, -0.15) is 13.2 Å². The Hall–Kier alpha value is -1.64. The van der Waals surface area contributed by atoms with Gasteiger partial charge >= 0.3 is 6.18 Å². The number of halogens is 3. The van der Waals surface area contributed by atoms with Crippen molar-refractivity contribution in [3.8, 4) is 0 Å². The van der Waals surface area contributed by atoms with E-state index in [4.69, 9.17) is 5.73 Å². The number of carbonyl (C=O) groups is 3. The van der Waals surface area contributed by atoms with E-state index in [9.17, 15) is 27.6 Å². The average Bonchev–Trinajstić information content (AvgIpc) is 2.63. The molecule has 2 bridgehead atoms. The molecule has 2 amide bonds. The highest BCUT2D eigenvalue weighted by Gasteiger charge is 2.51. The number of carbonyl (C=O) groups excluding carboxylic acids is 3. The zero-order valence-corrected chi connectivity index (χ0v) is 16.8. The second kappa shape index (κ2) is 8.39. The quantitative estimate of drug-likeness (QED) is 0.707. The number of nitrogens with two attached hydrogens (primary N) is 1. The number of alkyl halides is 3. The maximum absolute atomic E-state index is 13.0. The normalized spacial score (nSPS) is 27.1. The number of amides is 2. The summed E-state index contributed by atoms with van der Waals surface area (Å²) < 4.78 is 38.8. The fraction of sp³-hybridized carbons (Fsp3) is 0.842. The van der Waals surface area contributed by atoms with Gasteiger partial charge in [0, 0.05) is 6.04 Å². The third-order valence-electron chi connectivity index (χ3n) is 5.93. The molecule has 9 heteroatoms. The molecule has 3 fully saturated rings. The van der Waals surface area contributed by atoms with Gasteiger partial charge in [-0.25, -0.2) is 0 Å². The molecule has 1 aliphatic carbocycles. The topological polar surface area (TPSA) is 92.5 Å². The number of hydrogen-bond acceptors (Lipinski definition) is 4. The van der Waals surface area contributed by atoms with Crippen molar-refractivity contribution in [2.45, 2.75) is 83.7 Å². The summed E-state index contributed by atoms with van der Waals surface area (Å²) in [7, 11) is 0. The third kappa shape index (κ3) is 4.50. The Morgan fingerprint density at radius 3 is 1.96 bits per heavy atom. The highest BCUT2D eigenvalue weighted by molar-refractivity contribution is 5.96. The second-order valence-corrected chi connectivity index (χ2v) is 8.62. The van der Waals surface area contributed by atoms with E-state index in [0.29, 0.717) is 0 Å². The minimum Gasteiger partial charge on any atom is -0.344 e. The molecule has 0 unspecified atom stereocenters. The van der Waals surface area contributed by atoms with E-state index in [1.165, 1.54) is 18.7 Å². The molecule has 3 rings (SSSR count). The number of rotatable bonds is 6. The lowest BCUT2D eigenvalue weighted by Gasteiger charge is -2.51. The van der Waals surface area contributed by atoms with E-state index in [0.717, 1.165) is 25.7 Å². The number of fused-ring (bicyclic) bond motifs is 3. The van der Waals surface area contributed by atoms with E-state index in [1.807, 2.05) is 0 Å². The summed E-state index contributed by atoms with van der Waals surface area (Å²) in [6, 6.07) is -3.49. The molecule has 0 spiro atoms. The molecule has 28 heavy (non-hydrogen) atoms. The second-order valence-electron chi connectivity index (χ2n) is 8.62. The molecule has 0 aromatic carbocycles. The first-order valence-corrected chi connectivity index (χ1v) is 9.85. The summed E-state index contributed by atoms with van der Waals surface area (Å²) in [6.45, 7) is 6.49. The number of hydrogen-bond donors (Lipinski definition) is 2. The number of piperidine rings is 2. The van der Waals surface area contributed by atoms with E-state index in [-0.39, 0.29) is 23.8 Å². The Labute approximate surface area is 163 Å². The van der Waals surface area contributed by atoms with Crippen LogP contribution in [0, 0.1) is 17.8 Å². The summed E-state index contributed by atoms with van der Waals surface area (Å²) in [5.74, 6) is -4.04. The lowest BCUT2D eigenvalue weighted by atomic mass is 9.73. The summed E-state index contributed by atoms with van der Waals surface area (Å²) in [4.78, 5) is 39.1. The van der Waals surface area contributed by atoms with Gasteiger partial charge in [-0.05, 0) is 43.4 Å². The van der Waals surface area contributed by atoms with Crippen molar-refractivity contribution < 1.29 is 27.6 Å². The van der Waals surface area contributed by atoms with Crippen LogP contribution in [-0.2, 0) is 14.4 Å². The lowest BCUT2D eigenvalue weighted by Crippen LogP contribution is -2.67. The van der Waals surface area contributed by atoms with Crippen molar-refractivity contribution in [2.75, 3.05) is 0 Å². The zero-order valence-electron chi connectivity index (χ0n) is 16.8. The summed E-state index contributed by atoms with van der Waals surface area (Å²) >= 11 is 0. The Balaban J connectivity index is 2.27. The van der Waals surface area contributed by atoms with Crippen LogP contribution in [0.3, 0.4) is 0 Å². The minimum absolute atomic E-state index is 0.133. The van der Waals surface area contributed by atoms with Crippen molar-refractivity contribution >= 4 is 17.6 Å². The van der Waals surface area contributed by atoms with E-state index < -0.39 is 41.9 Å². The predicted molar refractivity (Wildman–Crippen MR) is 97.0 cm³/mol. The number of nitrogens with zero attached hydrogens (tertiary/aromatic N) is 1. The minimum atomic E-state index is -5.04. The fourth-order valence-electron chi connectivity index (χ4n) is 4.21. The molecule has 6 nitrogen and oxygen atoms in total. The first kappa shape index (κ1) is 22.6.